The first-order valence-corrected chi connectivity index (χ1v) is 5.43. The lowest BCUT2D eigenvalue weighted by Gasteiger charge is -2.05. The van der Waals surface area contributed by atoms with E-state index in [1.54, 1.807) is 37.4 Å². The summed E-state index contributed by atoms with van der Waals surface area (Å²) in [6, 6.07) is 10.1. The zero-order valence-electron chi connectivity index (χ0n) is 9.64. The molecule has 3 rings (SSSR count). The SMILES string of the molecule is COc1ccc2oc(=O)c3c(O)cccc3c2c1. The molecule has 4 nitrogen and oxygen atoms in total. The topological polar surface area (TPSA) is 59.7 Å². The number of hydrogen-bond acceptors (Lipinski definition) is 4. The zero-order valence-corrected chi connectivity index (χ0v) is 9.64. The van der Waals surface area contributed by atoms with Gasteiger partial charge in [0.25, 0.3) is 0 Å². The van der Waals surface area contributed by atoms with Gasteiger partial charge in [-0.3, -0.25) is 0 Å². The molecule has 0 bridgehead atoms. The van der Waals surface area contributed by atoms with E-state index in [2.05, 4.69) is 0 Å². The molecule has 0 saturated carbocycles. The van der Waals surface area contributed by atoms with Gasteiger partial charge in [0, 0.05) is 10.8 Å². The van der Waals surface area contributed by atoms with Gasteiger partial charge in [0.1, 0.15) is 22.5 Å². The minimum atomic E-state index is -0.541. The Bertz CT molecular complexity index is 802. The monoisotopic (exact) mass is 242 g/mol. The smallest absolute Gasteiger partial charge is 0.347 e. The van der Waals surface area contributed by atoms with E-state index < -0.39 is 5.63 Å². The average Bonchev–Trinajstić information content (AvgIpc) is 2.38. The van der Waals surface area contributed by atoms with E-state index in [1.165, 1.54) is 6.07 Å². The summed E-state index contributed by atoms with van der Waals surface area (Å²) in [5.41, 5.74) is -0.0698. The predicted octanol–water partition coefficient (Wildman–Crippen LogP) is 2.66. The van der Waals surface area contributed by atoms with Gasteiger partial charge in [0.05, 0.1) is 7.11 Å². The van der Waals surface area contributed by atoms with Crippen LogP contribution < -0.4 is 10.4 Å². The van der Waals surface area contributed by atoms with Crippen molar-refractivity contribution in [3.63, 3.8) is 0 Å². The molecule has 4 heteroatoms. The molecule has 1 aromatic heterocycles. The lowest BCUT2D eigenvalue weighted by Crippen LogP contribution is -2.00. The summed E-state index contributed by atoms with van der Waals surface area (Å²) >= 11 is 0. The first-order chi connectivity index (χ1) is 8.70. The van der Waals surface area contributed by atoms with E-state index in [0.717, 1.165) is 5.39 Å². The Balaban J connectivity index is 2.58. The number of fused-ring (bicyclic) bond motifs is 3. The summed E-state index contributed by atoms with van der Waals surface area (Å²) in [5, 5.41) is 11.3. The molecule has 0 fully saturated rings. The van der Waals surface area contributed by atoms with Gasteiger partial charge in [-0.2, -0.15) is 0 Å². The first kappa shape index (κ1) is 10.7. The summed E-state index contributed by atoms with van der Waals surface area (Å²) in [6.07, 6.45) is 0. The quantitative estimate of drug-likeness (QED) is 0.526. The van der Waals surface area contributed by atoms with Crippen LogP contribution in [0, 0.1) is 0 Å². The van der Waals surface area contributed by atoms with Crippen molar-refractivity contribution in [2.24, 2.45) is 0 Å². The number of benzene rings is 2. The van der Waals surface area contributed by atoms with E-state index in [4.69, 9.17) is 9.15 Å². The molecule has 1 N–H and O–H groups in total. The molecule has 1 heterocycles. The highest BCUT2D eigenvalue weighted by atomic mass is 16.5. The first-order valence-electron chi connectivity index (χ1n) is 5.43. The second kappa shape index (κ2) is 3.77. The Morgan fingerprint density at radius 2 is 2.00 bits per heavy atom. The van der Waals surface area contributed by atoms with Crippen molar-refractivity contribution in [2.45, 2.75) is 0 Å². The molecule has 0 saturated heterocycles. The standard InChI is InChI=1S/C14H10O4/c1-17-8-5-6-12-10(7-8)9-3-2-4-11(15)13(9)14(16)18-12/h2-7,15H,1H3. The van der Waals surface area contributed by atoms with Gasteiger partial charge in [-0.15, -0.1) is 0 Å². The van der Waals surface area contributed by atoms with Crippen molar-refractivity contribution in [2.75, 3.05) is 7.11 Å². The van der Waals surface area contributed by atoms with Gasteiger partial charge >= 0.3 is 5.63 Å². The fourth-order valence-corrected chi connectivity index (χ4v) is 2.07. The molecular weight excluding hydrogens is 232 g/mol. The van der Waals surface area contributed by atoms with Crippen LogP contribution >= 0.6 is 0 Å². The van der Waals surface area contributed by atoms with Gasteiger partial charge in [-0.05, 0) is 24.3 Å². The van der Waals surface area contributed by atoms with Crippen LogP contribution in [0.2, 0.25) is 0 Å². The fourth-order valence-electron chi connectivity index (χ4n) is 2.07. The highest BCUT2D eigenvalue weighted by Gasteiger charge is 2.11. The maximum atomic E-state index is 11.8. The predicted molar refractivity (Wildman–Crippen MR) is 68.2 cm³/mol. The molecule has 0 aliphatic heterocycles. The summed E-state index contributed by atoms with van der Waals surface area (Å²) in [5.74, 6) is 0.590. The molecule has 2 aromatic carbocycles. The Labute approximate surface area is 102 Å². The Morgan fingerprint density at radius 3 is 2.78 bits per heavy atom. The summed E-state index contributed by atoms with van der Waals surface area (Å²) in [7, 11) is 1.57. The number of methoxy groups -OCH3 is 1. The average molecular weight is 242 g/mol. The molecule has 0 unspecified atom stereocenters. The van der Waals surface area contributed by atoms with Crippen LogP contribution in [0.25, 0.3) is 21.7 Å². The highest BCUT2D eigenvalue weighted by Crippen LogP contribution is 2.30. The third-order valence-corrected chi connectivity index (χ3v) is 2.93. The van der Waals surface area contributed by atoms with E-state index in [0.29, 0.717) is 16.7 Å². The van der Waals surface area contributed by atoms with Crippen molar-refractivity contribution < 1.29 is 14.3 Å². The van der Waals surface area contributed by atoms with Crippen molar-refractivity contribution in [1.82, 2.24) is 0 Å². The fraction of sp³-hybridized carbons (Fsp3) is 0.0714. The van der Waals surface area contributed by atoms with Crippen LogP contribution in [-0.2, 0) is 0 Å². The summed E-state index contributed by atoms with van der Waals surface area (Å²) < 4.78 is 10.3. The lowest BCUT2D eigenvalue weighted by molar-refractivity contribution is 0.415. The molecule has 0 amide bonds. The zero-order chi connectivity index (χ0) is 12.7. The largest absolute Gasteiger partial charge is 0.507 e. The van der Waals surface area contributed by atoms with Crippen LogP contribution in [-0.4, -0.2) is 12.2 Å². The third kappa shape index (κ3) is 1.43. The Kier molecular flexibility index (Phi) is 2.23. The number of aromatic hydroxyl groups is 1. The molecule has 0 atom stereocenters. The highest BCUT2D eigenvalue weighted by molar-refractivity contribution is 6.06. The van der Waals surface area contributed by atoms with Crippen LogP contribution in [0.1, 0.15) is 0 Å². The van der Waals surface area contributed by atoms with Crippen molar-refractivity contribution in [3.8, 4) is 11.5 Å². The van der Waals surface area contributed by atoms with Crippen LogP contribution in [0.15, 0.2) is 45.6 Å². The number of phenols is 1. The molecule has 3 aromatic rings. The molecule has 0 spiro atoms. The molecule has 18 heavy (non-hydrogen) atoms. The summed E-state index contributed by atoms with van der Waals surface area (Å²) in [4.78, 5) is 11.8. The van der Waals surface area contributed by atoms with E-state index >= 15 is 0 Å². The van der Waals surface area contributed by atoms with Crippen molar-refractivity contribution in [1.29, 1.82) is 0 Å². The number of hydrogen-bond donors (Lipinski definition) is 1. The van der Waals surface area contributed by atoms with Crippen molar-refractivity contribution >= 4 is 21.7 Å². The Hall–Kier alpha value is -2.49. The van der Waals surface area contributed by atoms with E-state index in [-0.39, 0.29) is 11.1 Å². The van der Waals surface area contributed by atoms with Crippen LogP contribution in [0.3, 0.4) is 0 Å². The minimum absolute atomic E-state index is 0.0778. The molecule has 0 aliphatic rings. The van der Waals surface area contributed by atoms with Gasteiger partial charge in [-0.1, -0.05) is 12.1 Å². The number of ether oxygens (including phenoxy) is 1. The molecular formula is C14H10O4. The third-order valence-electron chi connectivity index (χ3n) is 2.93. The summed E-state index contributed by atoms with van der Waals surface area (Å²) in [6.45, 7) is 0. The van der Waals surface area contributed by atoms with Gasteiger partial charge in [-0.25, -0.2) is 4.79 Å². The van der Waals surface area contributed by atoms with Crippen LogP contribution in [0.5, 0.6) is 11.5 Å². The number of phenolic OH excluding ortho intramolecular Hbond substituents is 1. The van der Waals surface area contributed by atoms with Gasteiger partial charge in [0.2, 0.25) is 0 Å². The van der Waals surface area contributed by atoms with Gasteiger partial charge < -0.3 is 14.3 Å². The molecule has 0 aliphatic carbocycles. The Morgan fingerprint density at radius 1 is 1.17 bits per heavy atom. The second-order valence-electron chi connectivity index (χ2n) is 3.95. The molecule has 90 valence electrons. The van der Waals surface area contributed by atoms with E-state index in [1.807, 2.05) is 0 Å². The molecule has 0 radical (unpaired) electrons. The van der Waals surface area contributed by atoms with E-state index in [9.17, 15) is 9.90 Å². The maximum Gasteiger partial charge on any atom is 0.347 e. The van der Waals surface area contributed by atoms with Gasteiger partial charge in [0.15, 0.2) is 0 Å². The van der Waals surface area contributed by atoms with Crippen molar-refractivity contribution in [3.05, 3.63) is 46.8 Å². The second-order valence-corrected chi connectivity index (χ2v) is 3.95. The van der Waals surface area contributed by atoms with Crippen LogP contribution in [0.4, 0.5) is 0 Å². The maximum absolute atomic E-state index is 11.8. The minimum Gasteiger partial charge on any atom is -0.507 e. The normalized spacial score (nSPS) is 10.9. The number of rotatable bonds is 1. The lowest BCUT2D eigenvalue weighted by atomic mass is 10.1.